The number of alkyl halides is 3. The Morgan fingerprint density at radius 2 is 1.19 bits per heavy atom. The van der Waals surface area contributed by atoms with Gasteiger partial charge in [-0.1, -0.05) is 12.1 Å². The van der Waals surface area contributed by atoms with Crippen LogP contribution >= 0.6 is 0 Å². The fourth-order valence-corrected chi connectivity index (χ4v) is 4.21. The Morgan fingerprint density at radius 1 is 0.769 bits per heavy atom. The van der Waals surface area contributed by atoms with Gasteiger partial charge in [0.15, 0.2) is 23.3 Å². The van der Waals surface area contributed by atoms with Crippen LogP contribution in [0.5, 0.6) is 0 Å². The molecular formula is C16H12F8OSi. The minimum Gasteiger partial charge on any atom is -0.408 e. The topological polar surface area (TPSA) is 9.23 Å². The first kappa shape index (κ1) is 20.4. The third-order valence-electron chi connectivity index (χ3n) is 3.69. The van der Waals surface area contributed by atoms with Gasteiger partial charge in [-0.15, -0.1) is 0 Å². The van der Waals surface area contributed by atoms with Crippen molar-refractivity contribution in [3.63, 3.8) is 0 Å². The molecule has 0 spiro atoms. The Bertz CT molecular complexity index is 785. The van der Waals surface area contributed by atoms with Crippen LogP contribution in [0.2, 0.25) is 13.1 Å². The van der Waals surface area contributed by atoms with Crippen LogP contribution in [-0.4, -0.2) is 8.32 Å². The second-order valence-electron chi connectivity index (χ2n) is 5.94. The van der Waals surface area contributed by atoms with Crippen molar-refractivity contribution in [2.75, 3.05) is 0 Å². The molecule has 0 atom stereocenters. The van der Waals surface area contributed by atoms with E-state index < -0.39 is 54.3 Å². The summed E-state index contributed by atoms with van der Waals surface area (Å²) in [5, 5.41) is -1.03. The molecule has 0 radical (unpaired) electrons. The molecule has 0 fully saturated rings. The molecule has 0 saturated heterocycles. The van der Waals surface area contributed by atoms with Gasteiger partial charge in [-0.2, -0.15) is 13.2 Å². The van der Waals surface area contributed by atoms with Gasteiger partial charge >= 0.3 is 6.18 Å². The van der Waals surface area contributed by atoms with Gasteiger partial charge in [0.25, 0.3) is 0 Å². The van der Waals surface area contributed by atoms with Gasteiger partial charge in [0.05, 0.1) is 12.2 Å². The lowest BCUT2D eigenvalue weighted by Gasteiger charge is -2.25. The van der Waals surface area contributed by atoms with Crippen molar-refractivity contribution in [1.29, 1.82) is 0 Å². The molecule has 2 aromatic rings. The van der Waals surface area contributed by atoms with Crippen LogP contribution in [0.4, 0.5) is 35.1 Å². The van der Waals surface area contributed by atoms with E-state index in [-0.39, 0.29) is 12.2 Å². The van der Waals surface area contributed by atoms with E-state index in [2.05, 4.69) is 0 Å². The summed E-state index contributed by atoms with van der Waals surface area (Å²) in [4.78, 5) is 0. The van der Waals surface area contributed by atoms with Crippen LogP contribution in [0.1, 0.15) is 11.1 Å². The summed E-state index contributed by atoms with van der Waals surface area (Å²) in [5.74, 6) is -10.3. The van der Waals surface area contributed by atoms with Crippen LogP contribution in [0.3, 0.4) is 0 Å². The van der Waals surface area contributed by atoms with Crippen LogP contribution in [0.25, 0.3) is 0 Å². The van der Waals surface area contributed by atoms with Gasteiger partial charge < -0.3 is 4.43 Å². The van der Waals surface area contributed by atoms with E-state index in [1.807, 2.05) is 0 Å². The van der Waals surface area contributed by atoms with Gasteiger partial charge in [-0.05, 0) is 30.8 Å². The minimum atomic E-state index is -4.52. The SMILES string of the molecule is C[Si](C)(OCc1ccc(C(F)(F)F)cc1)c1c(F)c(F)c(F)c(F)c1F. The van der Waals surface area contributed by atoms with Crippen molar-refractivity contribution >= 4 is 13.5 Å². The number of rotatable bonds is 4. The molecule has 1 nitrogen and oxygen atoms in total. The zero-order chi connectivity index (χ0) is 19.9. The maximum Gasteiger partial charge on any atom is 0.416 e. The Labute approximate surface area is 144 Å². The zero-order valence-electron chi connectivity index (χ0n) is 13.4. The van der Waals surface area contributed by atoms with Crippen molar-refractivity contribution in [3.05, 3.63) is 64.5 Å². The fraction of sp³-hybridized carbons (Fsp3) is 0.250. The quantitative estimate of drug-likeness (QED) is 0.303. The van der Waals surface area contributed by atoms with Crippen LogP contribution in [0.15, 0.2) is 24.3 Å². The van der Waals surface area contributed by atoms with Gasteiger partial charge in [0, 0.05) is 5.19 Å². The first-order chi connectivity index (χ1) is 11.9. The molecule has 2 rings (SSSR count). The van der Waals surface area contributed by atoms with Gasteiger partial charge in [0.1, 0.15) is 0 Å². The smallest absolute Gasteiger partial charge is 0.408 e. The summed E-state index contributed by atoms with van der Waals surface area (Å²) >= 11 is 0. The Hall–Kier alpha value is -1.94. The molecule has 0 aliphatic rings. The van der Waals surface area contributed by atoms with E-state index in [9.17, 15) is 35.1 Å². The third-order valence-corrected chi connectivity index (χ3v) is 6.20. The number of halogens is 8. The largest absolute Gasteiger partial charge is 0.416 e. The molecule has 0 bridgehead atoms. The number of benzene rings is 2. The Kier molecular flexibility index (Phi) is 5.48. The number of hydrogen-bond donors (Lipinski definition) is 0. The van der Waals surface area contributed by atoms with Crippen molar-refractivity contribution in [2.45, 2.75) is 25.9 Å². The number of hydrogen-bond acceptors (Lipinski definition) is 1. The van der Waals surface area contributed by atoms with Crippen molar-refractivity contribution in [1.82, 2.24) is 0 Å². The van der Waals surface area contributed by atoms with E-state index in [1.54, 1.807) is 0 Å². The Morgan fingerprint density at radius 3 is 1.62 bits per heavy atom. The first-order valence-corrected chi connectivity index (χ1v) is 10.1. The summed E-state index contributed by atoms with van der Waals surface area (Å²) < 4.78 is 111. The lowest BCUT2D eigenvalue weighted by Crippen LogP contribution is -2.49. The van der Waals surface area contributed by atoms with E-state index >= 15 is 0 Å². The van der Waals surface area contributed by atoms with E-state index in [0.717, 1.165) is 24.3 Å². The normalized spacial score (nSPS) is 12.5. The average molecular weight is 400 g/mol. The van der Waals surface area contributed by atoms with Gasteiger partial charge in [-0.25, -0.2) is 22.0 Å². The molecule has 0 heterocycles. The predicted octanol–water partition coefficient (Wildman–Crippen LogP) is 5.03. The summed E-state index contributed by atoms with van der Waals surface area (Å²) in [6.45, 7) is 2.08. The van der Waals surface area contributed by atoms with Crippen LogP contribution in [-0.2, 0) is 17.2 Å². The molecule has 0 aliphatic carbocycles. The van der Waals surface area contributed by atoms with Gasteiger partial charge in [0.2, 0.25) is 14.1 Å². The zero-order valence-corrected chi connectivity index (χ0v) is 14.4. The predicted molar refractivity (Wildman–Crippen MR) is 79.6 cm³/mol. The van der Waals surface area contributed by atoms with E-state index in [1.165, 1.54) is 13.1 Å². The molecule has 0 aromatic heterocycles. The van der Waals surface area contributed by atoms with Gasteiger partial charge in [-0.3, -0.25) is 0 Å². The van der Waals surface area contributed by atoms with Crippen molar-refractivity contribution in [2.24, 2.45) is 0 Å². The molecule has 26 heavy (non-hydrogen) atoms. The van der Waals surface area contributed by atoms with Crippen molar-refractivity contribution < 1.29 is 39.5 Å². The Balaban J connectivity index is 2.27. The molecule has 0 unspecified atom stereocenters. The maximum atomic E-state index is 13.9. The minimum absolute atomic E-state index is 0.252. The summed E-state index contributed by atoms with van der Waals surface area (Å²) in [5.41, 5.74) is -0.639. The van der Waals surface area contributed by atoms with E-state index in [4.69, 9.17) is 4.43 Å². The summed E-state index contributed by atoms with van der Waals surface area (Å²) in [6, 6.07) is 3.80. The molecule has 142 valence electrons. The summed E-state index contributed by atoms with van der Waals surface area (Å²) in [6.07, 6.45) is -4.52. The second-order valence-corrected chi connectivity index (χ2v) is 9.75. The standard InChI is InChI=1S/C16H12F8OSi/c1-26(2,15-13(20)11(18)10(17)12(19)14(15)21)25-7-8-3-5-9(6-4-8)16(22,23)24/h3-6H,7H2,1-2H3. The monoisotopic (exact) mass is 400 g/mol. The molecule has 0 aliphatic heterocycles. The highest BCUT2D eigenvalue weighted by Gasteiger charge is 2.38. The highest BCUT2D eigenvalue weighted by Crippen LogP contribution is 2.29. The van der Waals surface area contributed by atoms with Crippen molar-refractivity contribution in [3.8, 4) is 0 Å². The second kappa shape index (κ2) is 6.99. The van der Waals surface area contributed by atoms with E-state index in [0.29, 0.717) is 0 Å². The summed E-state index contributed by atoms with van der Waals surface area (Å²) in [7, 11) is -3.61. The fourth-order valence-electron chi connectivity index (χ4n) is 2.26. The molecule has 2 aromatic carbocycles. The van der Waals surface area contributed by atoms with Crippen LogP contribution in [0, 0.1) is 29.1 Å². The first-order valence-electron chi connectivity index (χ1n) is 7.18. The lowest BCUT2D eigenvalue weighted by atomic mass is 10.1. The lowest BCUT2D eigenvalue weighted by molar-refractivity contribution is -0.137. The molecule has 10 heteroatoms. The highest BCUT2D eigenvalue weighted by molar-refractivity contribution is 6.84. The molecule has 0 saturated carbocycles. The maximum absolute atomic E-state index is 13.9. The third kappa shape index (κ3) is 3.90. The highest BCUT2D eigenvalue weighted by atomic mass is 28.4. The molecule has 0 amide bonds. The average Bonchev–Trinajstić information content (AvgIpc) is 2.56. The van der Waals surface area contributed by atoms with Crippen LogP contribution < -0.4 is 5.19 Å². The molecular weight excluding hydrogens is 388 g/mol. The molecule has 0 N–H and O–H groups in total.